The van der Waals surface area contributed by atoms with Gasteiger partial charge < -0.3 is 5.32 Å². The molecule has 2 aliphatic rings. The molecule has 18 heavy (non-hydrogen) atoms. The molecule has 6 nitrogen and oxygen atoms in total. The third-order valence-corrected chi connectivity index (χ3v) is 3.56. The molecule has 1 amide bonds. The summed E-state index contributed by atoms with van der Waals surface area (Å²) in [6.07, 6.45) is 0.549. The molecule has 7 heteroatoms. The molecule has 5 N–H and O–H groups in total. The van der Waals surface area contributed by atoms with Gasteiger partial charge in [0.15, 0.2) is 6.29 Å². The number of rotatable bonds is 3. The molecule has 96 valence electrons. The Morgan fingerprint density at radius 1 is 1.28 bits per heavy atom. The second-order valence-electron chi connectivity index (χ2n) is 4.45. The molecule has 0 spiro atoms. The molecule has 2 fully saturated rings. The van der Waals surface area contributed by atoms with Gasteiger partial charge in [0.25, 0.3) is 0 Å². The van der Waals surface area contributed by atoms with E-state index in [-0.39, 0.29) is 24.0 Å². The number of halogens is 1. The van der Waals surface area contributed by atoms with E-state index >= 15 is 0 Å². The Labute approximate surface area is 109 Å². The molecule has 1 aromatic rings. The zero-order valence-corrected chi connectivity index (χ0v) is 10.3. The number of benzene rings is 1. The second-order valence-corrected chi connectivity index (χ2v) is 4.86. The van der Waals surface area contributed by atoms with Crippen LogP contribution in [-0.2, 0) is 4.79 Å². The maximum Gasteiger partial charge on any atom is 0.226 e. The van der Waals surface area contributed by atoms with Crippen LogP contribution in [0.2, 0.25) is 5.02 Å². The molecule has 1 heterocycles. The number of amides is 1. The second kappa shape index (κ2) is 4.83. The lowest BCUT2D eigenvalue weighted by Crippen LogP contribution is -2.50. The van der Waals surface area contributed by atoms with Crippen LogP contribution in [-0.4, -0.2) is 12.2 Å². The Balaban J connectivity index is 1.60. The molecule has 1 aliphatic carbocycles. The predicted octanol–water partition coefficient (Wildman–Crippen LogP) is -0.0397. The standard InChI is InChI=1S/C11H14ClN5O/c12-9-4-2-1-3-6(9)7-5-8(7)10(18)13-11-14-16-17-15-11/h1-4,7-8,11,14-17H,5H2,(H,13,18). The highest BCUT2D eigenvalue weighted by molar-refractivity contribution is 6.31. The highest BCUT2D eigenvalue weighted by Gasteiger charge is 2.45. The Bertz CT molecular complexity index is 463. The van der Waals surface area contributed by atoms with E-state index in [4.69, 9.17) is 11.6 Å². The molecule has 1 saturated carbocycles. The lowest BCUT2D eigenvalue weighted by Gasteiger charge is -2.11. The van der Waals surface area contributed by atoms with E-state index in [1.165, 1.54) is 0 Å². The monoisotopic (exact) mass is 267 g/mol. The molecular formula is C11H14ClN5O. The fourth-order valence-electron chi connectivity index (χ4n) is 2.18. The summed E-state index contributed by atoms with van der Waals surface area (Å²) in [7, 11) is 0. The van der Waals surface area contributed by atoms with Crippen LogP contribution in [0.15, 0.2) is 24.3 Å². The fraction of sp³-hybridized carbons (Fsp3) is 0.364. The van der Waals surface area contributed by atoms with Gasteiger partial charge in [-0.3, -0.25) is 4.79 Å². The first-order valence-corrected chi connectivity index (χ1v) is 6.19. The van der Waals surface area contributed by atoms with Crippen LogP contribution in [0.5, 0.6) is 0 Å². The van der Waals surface area contributed by atoms with Crippen molar-refractivity contribution in [1.82, 2.24) is 27.2 Å². The smallest absolute Gasteiger partial charge is 0.226 e. The molecule has 1 aliphatic heterocycles. The van der Waals surface area contributed by atoms with Crippen molar-refractivity contribution in [1.29, 1.82) is 0 Å². The van der Waals surface area contributed by atoms with Crippen molar-refractivity contribution in [3.8, 4) is 0 Å². The van der Waals surface area contributed by atoms with E-state index in [1.54, 1.807) is 0 Å². The van der Waals surface area contributed by atoms with Crippen LogP contribution in [0.3, 0.4) is 0 Å². The Kier molecular flexibility index (Phi) is 3.19. The third-order valence-electron chi connectivity index (χ3n) is 3.21. The summed E-state index contributed by atoms with van der Waals surface area (Å²) in [4.78, 5) is 12.0. The summed E-state index contributed by atoms with van der Waals surface area (Å²) < 4.78 is 0. The highest BCUT2D eigenvalue weighted by Crippen LogP contribution is 2.49. The van der Waals surface area contributed by atoms with Crippen LogP contribution in [0.25, 0.3) is 0 Å². The van der Waals surface area contributed by atoms with Crippen LogP contribution in [0.1, 0.15) is 17.9 Å². The normalized spacial score (nSPS) is 27.2. The maximum atomic E-state index is 12.0. The summed E-state index contributed by atoms with van der Waals surface area (Å²) in [5, 5.41) is 3.57. The zero-order valence-electron chi connectivity index (χ0n) is 9.53. The van der Waals surface area contributed by atoms with Crippen LogP contribution in [0, 0.1) is 5.92 Å². The van der Waals surface area contributed by atoms with Gasteiger partial charge in [-0.25, -0.2) is 10.9 Å². The summed E-state index contributed by atoms with van der Waals surface area (Å²) in [5.41, 5.74) is 12.0. The predicted molar refractivity (Wildman–Crippen MR) is 66.8 cm³/mol. The number of nitrogens with one attached hydrogen (secondary N) is 5. The van der Waals surface area contributed by atoms with Gasteiger partial charge in [0.05, 0.1) is 0 Å². The topological polar surface area (TPSA) is 77.2 Å². The molecule has 1 aromatic carbocycles. The van der Waals surface area contributed by atoms with Crippen molar-refractivity contribution in [2.24, 2.45) is 5.92 Å². The largest absolute Gasteiger partial charge is 0.326 e. The molecule has 2 unspecified atom stereocenters. The van der Waals surface area contributed by atoms with E-state index in [1.807, 2.05) is 24.3 Å². The fourth-order valence-corrected chi connectivity index (χ4v) is 2.45. The number of carbonyl (C=O) groups is 1. The summed E-state index contributed by atoms with van der Waals surface area (Å²) in [6.45, 7) is 0. The Morgan fingerprint density at radius 2 is 2.00 bits per heavy atom. The summed E-state index contributed by atoms with van der Waals surface area (Å²) in [5.74, 6) is 0.269. The highest BCUT2D eigenvalue weighted by atomic mass is 35.5. The van der Waals surface area contributed by atoms with E-state index in [2.05, 4.69) is 27.2 Å². The van der Waals surface area contributed by atoms with E-state index < -0.39 is 0 Å². The Hall–Kier alpha value is -1.18. The van der Waals surface area contributed by atoms with Gasteiger partial charge in [0.2, 0.25) is 5.91 Å². The SMILES string of the molecule is O=C(NC1NNNN1)C1CC1c1ccccc1Cl. The molecule has 0 bridgehead atoms. The number of hydrogen-bond acceptors (Lipinski definition) is 5. The first-order chi connectivity index (χ1) is 8.75. The van der Waals surface area contributed by atoms with Crippen molar-refractivity contribution < 1.29 is 4.79 Å². The quantitative estimate of drug-likeness (QED) is 0.531. The van der Waals surface area contributed by atoms with Gasteiger partial charge in [0.1, 0.15) is 0 Å². The van der Waals surface area contributed by atoms with Gasteiger partial charge in [-0.2, -0.15) is 11.1 Å². The zero-order chi connectivity index (χ0) is 12.5. The van der Waals surface area contributed by atoms with Crippen molar-refractivity contribution in [3.05, 3.63) is 34.9 Å². The van der Waals surface area contributed by atoms with E-state index in [9.17, 15) is 4.79 Å². The Morgan fingerprint density at radius 3 is 2.72 bits per heavy atom. The van der Waals surface area contributed by atoms with Gasteiger partial charge >= 0.3 is 0 Å². The molecule has 2 atom stereocenters. The van der Waals surface area contributed by atoms with Crippen LogP contribution < -0.4 is 27.2 Å². The lowest BCUT2D eigenvalue weighted by molar-refractivity contribution is -0.123. The van der Waals surface area contributed by atoms with Crippen molar-refractivity contribution >= 4 is 17.5 Å². The maximum absolute atomic E-state index is 12.0. The third kappa shape index (κ3) is 2.33. The van der Waals surface area contributed by atoms with Crippen LogP contribution in [0.4, 0.5) is 0 Å². The number of hydrogen-bond donors (Lipinski definition) is 5. The van der Waals surface area contributed by atoms with E-state index in [0.717, 1.165) is 17.0 Å². The molecule has 0 radical (unpaired) electrons. The first-order valence-electron chi connectivity index (χ1n) is 5.81. The molecule has 0 aromatic heterocycles. The number of hydrazine groups is 3. The number of carbonyl (C=O) groups excluding carboxylic acids is 1. The van der Waals surface area contributed by atoms with Gasteiger partial charge in [0, 0.05) is 10.9 Å². The van der Waals surface area contributed by atoms with Gasteiger partial charge in [-0.1, -0.05) is 29.8 Å². The molecular weight excluding hydrogens is 254 g/mol. The minimum Gasteiger partial charge on any atom is -0.326 e. The first kappa shape index (κ1) is 11.9. The van der Waals surface area contributed by atoms with Gasteiger partial charge in [-0.05, 0) is 24.0 Å². The summed E-state index contributed by atoms with van der Waals surface area (Å²) in [6, 6.07) is 7.68. The van der Waals surface area contributed by atoms with Crippen molar-refractivity contribution in [3.63, 3.8) is 0 Å². The van der Waals surface area contributed by atoms with Crippen LogP contribution >= 0.6 is 11.6 Å². The lowest BCUT2D eigenvalue weighted by atomic mass is 10.1. The average Bonchev–Trinajstić information content (AvgIpc) is 3.00. The van der Waals surface area contributed by atoms with Crippen molar-refractivity contribution in [2.75, 3.05) is 0 Å². The summed E-state index contributed by atoms with van der Waals surface area (Å²) >= 11 is 6.12. The van der Waals surface area contributed by atoms with Gasteiger partial charge in [-0.15, -0.1) is 0 Å². The van der Waals surface area contributed by atoms with Crippen molar-refractivity contribution in [2.45, 2.75) is 18.6 Å². The average molecular weight is 268 g/mol. The minimum atomic E-state index is -0.301. The molecule has 3 rings (SSSR count). The minimum absolute atomic E-state index is 0.00843. The molecule has 1 saturated heterocycles. The van der Waals surface area contributed by atoms with E-state index in [0.29, 0.717) is 0 Å².